The molecule has 0 aromatic rings. The molecule has 3 heteroatoms. The maximum atomic E-state index is 5.59. The van der Waals surface area contributed by atoms with Gasteiger partial charge >= 0.3 is 0 Å². The molecule has 1 radical (unpaired) electrons. The number of nitrogens with two attached hydrogens (primary N) is 1. The molecule has 1 unspecified atom stereocenters. The largest absolute Gasteiger partial charge is 0.317 e. The first kappa shape index (κ1) is 16.9. The summed E-state index contributed by atoms with van der Waals surface area (Å²) in [5.41, 5.74) is 8.87. The molecule has 3 nitrogen and oxygen atoms in total. The van der Waals surface area contributed by atoms with E-state index in [1.807, 2.05) is 0 Å². The second kappa shape index (κ2) is 12.3. The van der Waals surface area contributed by atoms with Gasteiger partial charge in [-0.15, -0.1) is 0 Å². The maximum Gasteiger partial charge on any atom is 0.0567 e. The molecule has 0 amide bonds. The van der Waals surface area contributed by atoms with Crippen molar-refractivity contribution in [1.29, 1.82) is 0 Å². The minimum Gasteiger partial charge on any atom is -0.317 e. The monoisotopic (exact) mass is 242 g/mol. The SMILES string of the molecule is [CH2]CCCCCCC(CC)N(CCC)NCN. The van der Waals surface area contributed by atoms with Gasteiger partial charge in [0, 0.05) is 12.6 Å². The van der Waals surface area contributed by atoms with Gasteiger partial charge in [0.1, 0.15) is 0 Å². The van der Waals surface area contributed by atoms with Crippen LogP contribution in [-0.2, 0) is 0 Å². The zero-order chi connectivity index (χ0) is 12.9. The van der Waals surface area contributed by atoms with Crippen molar-refractivity contribution in [3.05, 3.63) is 6.92 Å². The Hall–Kier alpha value is -0.120. The van der Waals surface area contributed by atoms with Gasteiger partial charge in [0.05, 0.1) is 6.67 Å². The fourth-order valence-electron chi connectivity index (χ4n) is 2.24. The Balaban J connectivity index is 3.83. The summed E-state index contributed by atoms with van der Waals surface area (Å²) in [6.45, 7) is 9.99. The molecule has 17 heavy (non-hydrogen) atoms. The van der Waals surface area contributed by atoms with Crippen molar-refractivity contribution in [2.24, 2.45) is 5.73 Å². The highest BCUT2D eigenvalue weighted by molar-refractivity contribution is 4.67. The van der Waals surface area contributed by atoms with Crippen molar-refractivity contribution in [3.8, 4) is 0 Å². The fraction of sp³-hybridized carbons (Fsp3) is 0.929. The lowest BCUT2D eigenvalue weighted by Crippen LogP contribution is -2.48. The number of nitrogens with one attached hydrogen (secondary N) is 1. The first-order valence-electron chi connectivity index (χ1n) is 7.29. The molecule has 3 N–H and O–H groups in total. The summed E-state index contributed by atoms with van der Waals surface area (Å²) in [5.74, 6) is 0. The van der Waals surface area contributed by atoms with Crippen LogP contribution in [0, 0.1) is 6.92 Å². The Morgan fingerprint density at radius 1 is 1.18 bits per heavy atom. The van der Waals surface area contributed by atoms with Crippen molar-refractivity contribution in [3.63, 3.8) is 0 Å². The quantitative estimate of drug-likeness (QED) is 0.314. The summed E-state index contributed by atoms with van der Waals surface area (Å²) in [4.78, 5) is 0. The van der Waals surface area contributed by atoms with Gasteiger partial charge in [-0.25, -0.2) is 10.4 Å². The minimum absolute atomic E-state index is 0.540. The van der Waals surface area contributed by atoms with Crippen LogP contribution in [0.25, 0.3) is 0 Å². The van der Waals surface area contributed by atoms with Crippen LogP contribution in [-0.4, -0.2) is 24.3 Å². The van der Waals surface area contributed by atoms with Crippen molar-refractivity contribution in [2.45, 2.75) is 71.3 Å². The van der Waals surface area contributed by atoms with Crippen LogP contribution in [0.2, 0.25) is 0 Å². The van der Waals surface area contributed by atoms with Crippen molar-refractivity contribution >= 4 is 0 Å². The minimum atomic E-state index is 0.540. The van der Waals surface area contributed by atoms with E-state index in [9.17, 15) is 0 Å². The predicted molar refractivity (Wildman–Crippen MR) is 76.3 cm³/mol. The van der Waals surface area contributed by atoms with Crippen LogP contribution < -0.4 is 11.2 Å². The predicted octanol–water partition coefficient (Wildman–Crippen LogP) is 3.07. The molecule has 0 saturated carbocycles. The molecule has 0 fully saturated rings. The molecule has 0 aliphatic rings. The van der Waals surface area contributed by atoms with Gasteiger partial charge in [-0.05, 0) is 19.3 Å². The molecular weight excluding hydrogens is 210 g/mol. The molecule has 0 aromatic heterocycles. The van der Waals surface area contributed by atoms with E-state index in [1.165, 1.54) is 44.9 Å². The number of hydrogen-bond acceptors (Lipinski definition) is 3. The smallest absolute Gasteiger partial charge is 0.0567 e. The normalized spacial score (nSPS) is 13.2. The van der Waals surface area contributed by atoms with Crippen LogP contribution in [0.15, 0.2) is 0 Å². The molecule has 0 saturated heterocycles. The van der Waals surface area contributed by atoms with E-state index in [4.69, 9.17) is 5.73 Å². The van der Waals surface area contributed by atoms with Gasteiger partial charge in [0.25, 0.3) is 0 Å². The zero-order valence-electron chi connectivity index (χ0n) is 11.9. The standard InChI is InChI=1S/C14H32N3/c1-4-7-8-9-10-11-14(6-3)17(12-5-2)16-13-15/h14,16H,1,4-13,15H2,2-3H3. The summed E-state index contributed by atoms with van der Waals surface area (Å²) >= 11 is 0. The zero-order valence-corrected chi connectivity index (χ0v) is 11.9. The second-order valence-electron chi connectivity index (χ2n) is 4.67. The topological polar surface area (TPSA) is 41.3 Å². The first-order chi connectivity index (χ1) is 8.29. The van der Waals surface area contributed by atoms with Crippen molar-refractivity contribution in [1.82, 2.24) is 10.4 Å². The molecule has 0 bridgehead atoms. The molecule has 0 spiro atoms. The van der Waals surface area contributed by atoms with Crippen LogP contribution in [0.3, 0.4) is 0 Å². The van der Waals surface area contributed by atoms with E-state index in [1.54, 1.807) is 0 Å². The summed E-state index contributed by atoms with van der Waals surface area (Å²) < 4.78 is 0. The van der Waals surface area contributed by atoms with Crippen LogP contribution in [0.4, 0.5) is 0 Å². The Kier molecular flexibility index (Phi) is 12.3. The Morgan fingerprint density at radius 3 is 2.41 bits per heavy atom. The second-order valence-corrected chi connectivity index (χ2v) is 4.67. The fourth-order valence-corrected chi connectivity index (χ4v) is 2.24. The molecular formula is C14H32N3. The molecule has 0 rings (SSSR count). The van der Waals surface area contributed by atoms with E-state index in [0.29, 0.717) is 12.7 Å². The van der Waals surface area contributed by atoms with Crippen LogP contribution in [0.1, 0.15) is 65.2 Å². The van der Waals surface area contributed by atoms with Gasteiger partial charge in [-0.3, -0.25) is 0 Å². The van der Waals surface area contributed by atoms with Crippen LogP contribution in [0.5, 0.6) is 0 Å². The van der Waals surface area contributed by atoms with Crippen molar-refractivity contribution < 1.29 is 0 Å². The third-order valence-electron chi connectivity index (χ3n) is 3.21. The van der Waals surface area contributed by atoms with E-state index >= 15 is 0 Å². The highest BCUT2D eigenvalue weighted by Crippen LogP contribution is 2.13. The molecule has 0 aromatic carbocycles. The van der Waals surface area contributed by atoms with Gasteiger partial charge in [-0.1, -0.05) is 52.9 Å². The molecule has 103 valence electrons. The number of unbranched alkanes of at least 4 members (excludes halogenated alkanes) is 4. The average Bonchev–Trinajstić information content (AvgIpc) is 2.34. The lowest BCUT2D eigenvalue weighted by Gasteiger charge is -2.31. The third-order valence-corrected chi connectivity index (χ3v) is 3.21. The number of hydrogen-bond donors (Lipinski definition) is 2. The molecule has 0 heterocycles. The molecule has 0 aliphatic carbocycles. The highest BCUT2D eigenvalue weighted by Gasteiger charge is 2.14. The van der Waals surface area contributed by atoms with Gasteiger partial charge < -0.3 is 5.73 Å². The third kappa shape index (κ3) is 8.58. The molecule has 1 atom stereocenters. The van der Waals surface area contributed by atoms with E-state index in [-0.39, 0.29) is 0 Å². The summed E-state index contributed by atoms with van der Waals surface area (Å²) in [7, 11) is 0. The average molecular weight is 242 g/mol. The van der Waals surface area contributed by atoms with Crippen LogP contribution >= 0.6 is 0 Å². The Morgan fingerprint density at radius 2 is 1.88 bits per heavy atom. The summed E-state index contributed by atoms with van der Waals surface area (Å²) in [6, 6.07) is 0.637. The van der Waals surface area contributed by atoms with E-state index in [2.05, 4.69) is 31.2 Å². The highest BCUT2D eigenvalue weighted by atomic mass is 15.5. The first-order valence-corrected chi connectivity index (χ1v) is 7.29. The number of rotatable bonds is 12. The Labute approximate surface area is 108 Å². The van der Waals surface area contributed by atoms with Gasteiger partial charge in [-0.2, -0.15) is 0 Å². The summed E-state index contributed by atoms with van der Waals surface area (Å²) in [6.07, 6.45) is 10.00. The Bertz CT molecular complexity index is 144. The maximum absolute atomic E-state index is 5.59. The summed E-state index contributed by atoms with van der Waals surface area (Å²) in [5, 5.41) is 2.33. The van der Waals surface area contributed by atoms with E-state index < -0.39 is 0 Å². The number of nitrogens with zero attached hydrogens (tertiary/aromatic N) is 1. The van der Waals surface area contributed by atoms with Gasteiger partial charge in [0.2, 0.25) is 0 Å². The van der Waals surface area contributed by atoms with E-state index in [0.717, 1.165) is 13.0 Å². The van der Waals surface area contributed by atoms with Gasteiger partial charge in [0.15, 0.2) is 0 Å². The number of hydrazine groups is 1. The lowest BCUT2D eigenvalue weighted by atomic mass is 10.0. The molecule has 0 aliphatic heterocycles. The lowest BCUT2D eigenvalue weighted by molar-refractivity contribution is 0.112. The van der Waals surface area contributed by atoms with Crippen molar-refractivity contribution in [2.75, 3.05) is 13.2 Å².